The first-order valence-electron chi connectivity index (χ1n) is 10.1. The summed E-state index contributed by atoms with van der Waals surface area (Å²) < 4.78 is 5.48. The van der Waals surface area contributed by atoms with E-state index in [1.807, 2.05) is 12.1 Å². The molecule has 0 aliphatic rings. The summed E-state index contributed by atoms with van der Waals surface area (Å²) in [5.74, 6) is 0. The van der Waals surface area contributed by atoms with Crippen molar-refractivity contribution >= 4 is 6.29 Å². The fourth-order valence-electron chi connectivity index (χ4n) is 2.38. The van der Waals surface area contributed by atoms with Gasteiger partial charge in [0.05, 0.1) is 6.61 Å². The van der Waals surface area contributed by atoms with Gasteiger partial charge < -0.3 is 4.74 Å². The summed E-state index contributed by atoms with van der Waals surface area (Å²) in [4.78, 5) is 9.89. The Hall–Kier alpha value is -1.41. The molecule has 0 aromatic heterocycles. The van der Waals surface area contributed by atoms with Crippen LogP contribution in [0.3, 0.4) is 0 Å². The van der Waals surface area contributed by atoms with Gasteiger partial charge in [-0.05, 0) is 37.3 Å². The van der Waals surface area contributed by atoms with Crippen molar-refractivity contribution in [2.45, 2.75) is 78.1 Å². The van der Waals surface area contributed by atoms with E-state index in [-0.39, 0.29) is 0 Å². The van der Waals surface area contributed by atoms with Crippen molar-refractivity contribution < 1.29 is 9.53 Å². The van der Waals surface area contributed by atoms with Crippen LogP contribution in [0, 0.1) is 0 Å². The molecule has 1 aromatic carbocycles. The lowest BCUT2D eigenvalue weighted by Gasteiger charge is -2.02. The Morgan fingerprint density at radius 1 is 0.840 bits per heavy atom. The highest BCUT2D eigenvalue weighted by molar-refractivity contribution is 5.64. The lowest BCUT2D eigenvalue weighted by atomic mass is 10.1. The molecular weight excluding hydrogens is 308 g/mol. The van der Waals surface area contributed by atoms with Crippen molar-refractivity contribution in [3.05, 3.63) is 48.0 Å². The van der Waals surface area contributed by atoms with Crippen LogP contribution in [0.15, 0.2) is 42.5 Å². The summed E-state index contributed by atoms with van der Waals surface area (Å²) in [6.07, 6.45) is 16.8. The summed E-state index contributed by atoms with van der Waals surface area (Å²) >= 11 is 0. The molecule has 25 heavy (non-hydrogen) atoms. The maximum absolute atomic E-state index is 9.89. The zero-order valence-electron chi connectivity index (χ0n) is 16.4. The van der Waals surface area contributed by atoms with Gasteiger partial charge in [-0.15, -0.1) is 0 Å². The van der Waals surface area contributed by atoms with E-state index in [0.717, 1.165) is 32.3 Å². The summed E-state index contributed by atoms with van der Waals surface area (Å²) in [6.45, 7) is 6.17. The van der Waals surface area contributed by atoms with Crippen molar-refractivity contribution in [1.82, 2.24) is 0 Å². The van der Waals surface area contributed by atoms with Crippen LogP contribution in [0.1, 0.15) is 77.2 Å². The number of ether oxygens (including phenoxy) is 1. The Labute approximate surface area is 155 Å². The van der Waals surface area contributed by atoms with E-state index < -0.39 is 0 Å². The molecule has 0 N–H and O–H groups in total. The third-order valence-corrected chi connectivity index (χ3v) is 3.96. The van der Waals surface area contributed by atoms with Gasteiger partial charge in [-0.2, -0.15) is 0 Å². The third kappa shape index (κ3) is 18.8. The first-order chi connectivity index (χ1) is 12.3. The van der Waals surface area contributed by atoms with E-state index in [1.165, 1.54) is 56.9 Å². The predicted octanol–water partition coefficient (Wildman–Crippen LogP) is 6.54. The van der Waals surface area contributed by atoms with Crippen LogP contribution in [0.2, 0.25) is 0 Å². The first-order valence-corrected chi connectivity index (χ1v) is 10.1. The second-order valence-electron chi connectivity index (χ2n) is 6.32. The topological polar surface area (TPSA) is 26.3 Å². The molecule has 0 radical (unpaired) electrons. The lowest BCUT2D eigenvalue weighted by Crippen LogP contribution is -1.99. The molecule has 0 saturated carbocycles. The molecule has 142 valence electrons. The molecule has 2 heteroatoms. The summed E-state index contributed by atoms with van der Waals surface area (Å²) in [7, 11) is 0. The van der Waals surface area contributed by atoms with Gasteiger partial charge in [-0.25, -0.2) is 0 Å². The largest absolute Gasteiger partial charge is 0.381 e. The monoisotopic (exact) mass is 346 g/mol. The van der Waals surface area contributed by atoms with Crippen molar-refractivity contribution in [2.75, 3.05) is 13.2 Å². The Morgan fingerprint density at radius 3 is 2.20 bits per heavy atom. The third-order valence-electron chi connectivity index (χ3n) is 3.96. The molecule has 0 fully saturated rings. The van der Waals surface area contributed by atoms with E-state index in [9.17, 15) is 4.79 Å². The molecule has 2 nitrogen and oxygen atoms in total. The average Bonchev–Trinajstić information content (AvgIpc) is 2.65. The fraction of sp³-hybridized carbons (Fsp3) is 0.609. The Morgan fingerprint density at radius 2 is 1.52 bits per heavy atom. The van der Waals surface area contributed by atoms with E-state index in [4.69, 9.17) is 4.74 Å². The minimum atomic E-state index is 0.844. The summed E-state index contributed by atoms with van der Waals surface area (Å²) in [5.41, 5.74) is 1.36. The molecule has 0 spiro atoms. The number of unbranched alkanes of at least 4 members (excludes halogenated alkanes) is 7. The van der Waals surface area contributed by atoms with Crippen molar-refractivity contribution in [1.29, 1.82) is 0 Å². The molecule has 0 unspecified atom stereocenters. The van der Waals surface area contributed by atoms with Gasteiger partial charge in [0.2, 0.25) is 0 Å². The number of allylic oxidation sites excluding steroid dienone is 2. The quantitative estimate of drug-likeness (QED) is 0.217. The Kier molecular flexibility index (Phi) is 19.5. The number of aldehydes is 1. The predicted molar refractivity (Wildman–Crippen MR) is 109 cm³/mol. The van der Waals surface area contributed by atoms with Crippen molar-refractivity contribution in [2.24, 2.45) is 0 Å². The van der Waals surface area contributed by atoms with Crippen molar-refractivity contribution in [3.8, 4) is 0 Å². The Bertz CT molecular complexity index is 398. The highest BCUT2D eigenvalue weighted by Crippen LogP contribution is 2.06. The molecule has 1 aromatic rings. The number of benzene rings is 1. The molecule has 0 bridgehead atoms. The fourth-order valence-corrected chi connectivity index (χ4v) is 2.38. The smallest absolute Gasteiger partial charge is 0.142 e. The number of hydrogen-bond donors (Lipinski definition) is 0. The van der Waals surface area contributed by atoms with Crippen molar-refractivity contribution in [3.63, 3.8) is 0 Å². The van der Waals surface area contributed by atoms with Gasteiger partial charge in [0.1, 0.15) is 6.29 Å². The summed E-state index contributed by atoms with van der Waals surface area (Å²) in [6, 6.07) is 10.5. The van der Waals surface area contributed by atoms with Gasteiger partial charge in [0.15, 0.2) is 0 Å². The number of hydrogen-bond acceptors (Lipinski definition) is 2. The van der Waals surface area contributed by atoms with E-state index in [2.05, 4.69) is 38.1 Å². The molecular formula is C23H38O2. The molecule has 0 saturated heterocycles. The van der Waals surface area contributed by atoms with Gasteiger partial charge in [-0.3, -0.25) is 4.79 Å². The van der Waals surface area contributed by atoms with Gasteiger partial charge in [-0.1, -0.05) is 88.8 Å². The number of carbonyl (C=O) groups excluding carboxylic acids is 1. The normalized spacial score (nSPS) is 10.5. The van der Waals surface area contributed by atoms with Crippen LogP contribution in [-0.4, -0.2) is 19.5 Å². The van der Waals surface area contributed by atoms with Crippen LogP contribution in [0.25, 0.3) is 0 Å². The minimum Gasteiger partial charge on any atom is -0.381 e. The Balaban J connectivity index is 0.000000463. The van der Waals surface area contributed by atoms with Gasteiger partial charge in [0.25, 0.3) is 0 Å². The second kappa shape index (κ2) is 20.6. The van der Waals surface area contributed by atoms with Crippen LogP contribution < -0.4 is 0 Å². The number of rotatable bonds is 14. The average molecular weight is 347 g/mol. The highest BCUT2D eigenvalue weighted by atomic mass is 16.5. The molecule has 0 aliphatic heterocycles. The highest BCUT2D eigenvalue weighted by Gasteiger charge is 1.91. The maximum Gasteiger partial charge on any atom is 0.142 e. The van der Waals surface area contributed by atoms with Crippen LogP contribution in [0.4, 0.5) is 0 Å². The zero-order valence-corrected chi connectivity index (χ0v) is 16.4. The van der Waals surface area contributed by atoms with Crippen LogP contribution in [-0.2, 0) is 16.0 Å². The van der Waals surface area contributed by atoms with E-state index >= 15 is 0 Å². The van der Waals surface area contributed by atoms with E-state index in [1.54, 1.807) is 6.08 Å². The first kappa shape index (κ1) is 23.6. The maximum atomic E-state index is 9.89. The van der Waals surface area contributed by atoms with Crippen LogP contribution in [0.5, 0.6) is 0 Å². The van der Waals surface area contributed by atoms with Crippen LogP contribution >= 0.6 is 0 Å². The van der Waals surface area contributed by atoms with Gasteiger partial charge in [0, 0.05) is 6.61 Å². The minimum absolute atomic E-state index is 0.844. The molecule has 0 aliphatic carbocycles. The summed E-state index contributed by atoms with van der Waals surface area (Å²) in [5, 5.41) is 0. The second-order valence-corrected chi connectivity index (χ2v) is 6.32. The van der Waals surface area contributed by atoms with E-state index in [0.29, 0.717) is 0 Å². The lowest BCUT2D eigenvalue weighted by molar-refractivity contribution is -0.104. The standard InChI is InChI=1S/C12H18O.C11H20O/c1-2-3-10-13-11-9-12-7-5-4-6-8-12;1-2-3-4-5-6-7-8-9-10-11-12/h4-8H,2-3,9-11H2,1H3;9-11H,2-8H2,1H3/b;10-9+. The molecule has 0 atom stereocenters. The molecule has 0 amide bonds. The zero-order chi connectivity index (χ0) is 18.4. The van der Waals surface area contributed by atoms with Gasteiger partial charge >= 0.3 is 0 Å². The SMILES string of the molecule is CCCCCCCC/C=C/C=O.CCCCOCCc1ccccc1. The number of carbonyl (C=O) groups is 1. The molecule has 1 rings (SSSR count). The molecule has 0 heterocycles.